The third-order valence-corrected chi connectivity index (χ3v) is 4.06. The van der Waals surface area contributed by atoms with Crippen LogP contribution in [0.5, 0.6) is 0 Å². The number of hydrogen-bond donors (Lipinski definition) is 1. The second-order valence-electron chi connectivity index (χ2n) is 5.44. The molecule has 1 saturated heterocycles. The standard InChI is InChI=1S/C16H16ClNO4/c1-9(13-3-2-6-21-13)18-15(19)12-8-10-7-11(17)4-5-14(10)22-16(12)20/h4-5,7-9,13H,2-3,6H2,1H3,(H,18,19)/t9-,13+/m1/s1. The lowest BCUT2D eigenvalue weighted by atomic mass is 10.1. The van der Waals surface area contributed by atoms with E-state index in [4.69, 9.17) is 20.8 Å². The van der Waals surface area contributed by atoms with E-state index in [1.54, 1.807) is 18.2 Å². The van der Waals surface area contributed by atoms with Crippen molar-refractivity contribution in [1.29, 1.82) is 0 Å². The van der Waals surface area contributed by atoms with E-state index in [0.717, 1.165) is 12.8 Å². The van der Waals surface area contributed by atoms with Crippen molar-refractivity contribution in [3.63, 3.8) is 0 Å². The molecule has 1 amide bonds. The van der Waals surface area contributed by atoms with Crippen LogP contribution in [0, 0.1) is 0 Å². The van der Waals surface area contributed by atoms with Crippen molar-refractivity contribution in [2.24, 2.45) is 0 Å². The summed E-state index contributed by atoms with van der Waals surface area (Å²) in [6.45, 7) is 2.58. The Labute approximate surface area is 132 Å². The predicted molar refractivity (Wildman–Crippen MR) is 83.4 cm³/mol. The topological polar surface area (TPSA) is 68.5 Å². The minimum Gasteiger partial charge on any atom is -0.422 e. The highest BCUT2D eigenvalue weighted by Gasteiger charge is 2.25. The Morgan fingerprint density at radius 1 is 1.41 bits per heavy atom. The maximum absolute atomic E-state index is 12.3. The molecule has 0 spiro atoms. The zero-order chi connectivity index (χ0) is 15.7. The van der Waals surface area contributed by atoms with E-state index in [2.05, 4.69) is 5.32 Å². The van der Waals surface area contributed by atoms with Crippen LogP contribution >= 0.6 is 11.6 Å². The van der Waals surface area contributed by atoms with Crippen LogP contribution in [0.2, 0.25) is 5.02 Å². The van der Waals surface area contributed by atoms with Crippen molar-refractivity contribution >= 4 is 28.5 Å². The summed E-state index contributed by atoms with van der Waals surface area (Å²) in [7, 11) is 0. The fourth-order valence-corrected chi connectivity index (χ4v) is 2.81. The normalized spacial score (nSPS) is 19.3. The van der Waals surface area contributed by atoms with Gasteiger partial charge in [-0.05, 0) is 44.0 Å². The molecule has 116 valence electrons. The highest BCUT2D eigenvalue weighted by atomic mass is 35.5. The van der Waals surface area contributed by atoms with Gasteiger partial charge in [-0.2, -0.15) is 0 Å². The van der Waals surface area contributed by atoms with Gasteiger partial charge in [0.05, 0.1) is 12.1 Å². The van der Waals surface area contributed by atoms with Crippen molar-refractivity contribution in [2.75, 3.05) is 6.61 Å². The molecular weight excluding hydrogens is 306 g/mol. The Kier molecular flexibility index (Phi) is 4.18. The van der Waals surface area contributed by atoms with Gasteiger partial charge in [0.2, 0.25) is 0 Å². The number of ether oxygens (including phenoxy) is 1. The number of hydrogen-bond acceptors (Lipinski definition) is 4. The molecule has 2 heterocycles. The Morgan fingerprint density at radius 2 is 2.23 bits per heavy atom. The summed E-state index contributed by atoms with van der Waals surface area (Å²) in [4.78, 5) is 24.3. The van der Waals surface area contributed by atoms with E-state index in [9.17, 15) is 9.59 Å². The van der Waals surface area contributed by atoms with Gasteiger partial charge in [-0.3, -0.25) is 4.79 Å². The summed E-state index contributed by atoms with van der Waals surface area (Å²) < 4.78 is 10.7. The smallest absolute Gasteiger partial charge is 0.349 e. The van der Waals surface area contributed by atoms with Crippen LogP contribution in [0.25, 0.3) is 11.0 Å². The summed E-state index contributed by atoms with van der Waals surface area (Å²) in [5, 5.41) is 3.93. The molecule has 22 heavy (non-hydrogen) atoms. The van der Waals surface area contributed by atoms with Gasteiger partial charge >= 0.3 is 5.63 Å². The van der Waals surface area contributed by atoms with Crippen molar-refractivity contribution in [1.82, 2.24) is 5.32 Å². The predicted octanol–water partition coefficient (Wildman–Crippen LogP) is 2.74. The molecule has 0 aliphatic carbocycles. The van der Waals surface area contributed by atoms with Crippen LogP contribution in [0.15, 0.2) is 33.5 Å². The van der Waals surface area contributed by atoms with Gasteiger partial charge in [0.15, 0.2) is 0 Å². The first-order valence-corrected chi connectivity index (χ1v) is 7.58. The SMILES string of the molecule is C[C@@H](NC(=O)c1cc2cc(Cl)ccc2oc1=O)[C@@H]1CCCO1. The molecule has 1 aliphatic heterocycles. The molecule has 0 bridgehead atoms. The molecule has 5 nitrogen and oxygen atoms in total. The van der Waals surface area contributed by atoms with Crippen molar-refractivity contribution in [2.45, 2.75) is 31.9 Å². The van der Waals surface area contributed by atoms with E-state index in [-0.39, 0.29) is 17.7 Å². The first kappa shape index (κ1) is 15.1. The molecule has 2 atom stereocenters. The summed E-state index contributed by atoms with van der Waals surface area (Å²) >= 11 is 5.92. The monoisotopic (exact) mass is 321 g/mol. The summed E-state index contributed by atoms with van der Waals surface area (Å²) in [5.74, 6) is -0.460. The summed E-state index contributed by atoms with van der Waals surface area (Å²) in [5.41, 5.74) is -0.287. The Morgan fingerprint density at radius 3 is 2.95 bits per heavy atom. The quantitative estimate of drug-likeness (QED) is 0.883. The molecule has 1 aliphatic rings. The fourth-order valence-electron chi connectivity index (χ4n) is 2.63. The lowest BCUT2D eigenvalue weighted by molar-refractivity contribution is 0.0710. The molecule has 1 N–H and O–H groups in total. The largest absolute Gasteiger partial charge is 0.422 e. The molecule has 1 aromatic carbocycles. The molecule has 0 radical (unpaired) electrons. The zero-order valence-electron chi connectivity index (χ0n) is 12.1. The molecular formula is C16H16ClNO4. The van der Waals surface area contributed by atoms with Gasteiger partial charge in [0, 0.05) is 17.0 Å². The number of amides is 1. The lowest BCUT2D eigenvalue weighted by Gasteiger charge is -2.19. The van der Waals surface area contributed by atoms with Gasteiger partial charge in [-0.1, -0.05) is 11.6 Å². The van der Waals surface area contributed by atoms with E-state index in [0.29, 0.717) is 22.6 Å². The minimum atomic E-state index is -0.660. The van der Waals surface area contributed by atoms with Crippen molar-refractivity contribution < 1.29 is 13.9 Å². The van der Waals surface area contributed by atoms with Crippen LogP contribution in [-0.4, -0.2) is 24.7 Å². The molecule has 0 saturated carbocycles. The summed E-state index contributed by atoms with van der Waals surface area (Å²) in [6.07, 6.45) is 1.89. The molecule has 6 heteroatoms. The maximum Gasteiger partial charge on any atom is 0.349 e. The minimum absolute atomic E-state index is 0.00843. The van der Waals surface area contributed by atoms with Crippen LogP contribution in [0.4, 0.5) is 0 Å². The average Bonchev–Trinajstić information content (AvgIpc) is 3.01. The molecule has 3 rings (SSSR count). The Balaban J connectivity index is 1.86. The summed E-state index contributed by atoms with van der Waals surface area (Å²) in [6, 6.07) is 6.23. The van der Waals surface area contributed by atoms with Gasteiger partial charge < -0.3 is 14.5 Å². The van der Waals surface area contributed by atoms with Gasteiger partial charge in [0.25, 0.3) is 5.91 Å². The molecule has 2 aromatic rings. The Bertz CT molecular complexity index is 764. The Hall–Kier alpha value is -1.85. The number of carbonyl (C=O) groups is 1. The molecule has 1 fully saturated rings. The number of halogens is 1. The van der Waals surface area contributed by atoms with E-state index in [1.807, 2.05) is 6.92 Å². The highest BCUT2D eigenvalue weighted by Crippen LogP contribution is 2.19. The third-order valence-electron chi connectivity index (χ3n) is 3.82. The van der Waals surface area contributed by atoms with Crippen molar-refractivity contribution in [3.05, 3.63) is 45.3 Å². The first-order valence-electron chi connectivity index (χ1n) is 7.20. The van der Waals surface area contributed by atoms with E-state index < -0.39 is 11.5 Å². The molecule has 1 aromatic heterocycles. The van der Waals surface area contributed by atoms with Gasteiger partial charge in [-0.25, -0.2) is 4.79 Å². The lowest BCUT2D eigenvalue weighted by Crippen LogP contribution is -2.42. The zero-order valence-corrected chi connectivity index (χ0v) is 12.9. The highest BCUT2D eigenvalue weighted by molar-refractivity contribution is 6.31. The van der Waals surface area contributed by atoms with Crippen LogP contribution in [0.3, 0.4) is 0 Å². The van der Waals surface area contributed by atoms with Crippen LogP contribution < -0.4 is 10.9 Å². The second-order valence-corrected chi connectivity index (χ2v) is 5.88. The third kappa shape index (κ3) is 3.00. The van der Waals surface area contributed by atoms with Crippen molar-refractivity contribution in [3.8, 4) is 0 Å². The number of carbonyl (C=O) groups excluding carboxylic acids is 1. The average molecular weight is 322 g/mol. The molecule has 0 unspecified atom stereocenters. The second kappa shape index (κ2) is 6.10. The number of rotatable bonds is 3. The van der Waals surface area contributed by atoms with Crippen LogP contribution in [-0.2, 0) is 4.74 Å². The fraction of sp³-hybridized carbons (Fsp3) is 0.375. The van der Waals surface area contributed by atoms with Gasteiger partial charge in [-0.15, -0.1) is 0 Å². The van der Waals surface area contributed by atoms with Crippen LogP contribution in [0.1, 0.15) is 30.1 Å². The van der Waals surface area contributed by atoms with E-state index >= 15 is 0 Å². The first-order chi connectivity index (χ1) is 10.5. The van der Waals surface area contributed by atoms with Gasteiger partial charge in [0.1, 0.15) is 11.1 Å². The maximum atomic E-state index is 12.3. The number of nitrogens with one attached hydrogen (secondary N) is 1. The number of benzene rings is 1. The number of fused-ring (bicyclic) bond motifs is 1. The van der Waals surface area contributed by atoms with E-state index in [1.165, 1.54) is 6.07 Å².